The van der Waals surface area contributed by atoms with E-state index in [1.807, 2.05) is 0 Å². The summed E-state index contributed by atoms with van der Waals surface area (Å²) in [5.41, 5.74) is -0.384. The van der Waals surface area contributed by atoms with E-state index in [1.54, 1.807) is 19.9 Å². The fourth-order valence-electron chi connectivity index (χ4n) is 2.49. The van der Waals surface area contributed by atoms with Crippen LogP contribution in [0.15, 0.2) is 45.9 Å². The lowest BCUT2D eigenvalue weighted by atomic mass is 10.2. The minimum absolute atomic E-state index is 0.0255. The predicted octanol–water partition coefficient (Wildman–Crippen LogP) is 1.61. The first-order chi connectivity index (χ1) is 13.3. The van der Waals surface area contributed by atoms with Gasteiger partial charge in [0.25, 0.3) is 11.8 Å². The molecule has 2 rings (SSSR count). The molecule has 0 radical (unpaired) electrons. The fourth-order valence-corrected chi connectivity index (χ4v) is 3.98. The molecule has 2 amide bonds. The number of hydrogen-bond acceptors (Lipinski definition) is 5. The smallest absolute Gasteiger partial charge is 0.287 e. The van der Waals surface area contributed by atoms with Gasteiger partial charge in [-0.3, -0.25) is 9.59 Å². The van der Waals surface area contributed by atoms with Crippen molar-refractivity contribution in [3.63, 3.8) is 0 Å². The van der Waals surface area contributed by atoms with Crippen molar-refractivity contribution < 1.29 is 26.8 Å². The number of amides is 2. The van der Waals surface area contributed by atoms with Crippen LogP contribution in [0.4, 0.5) is 4.39 Å². The molecule has 0 spiro atoms. The van der Waals surface area contributed by atoms with Crippen molar-refractivity contribution in [2.45, 2.75) is 18.7 Å². The highest BCUT2D eigenvalue weighted by Gasteiger charge is 2.24. The number of sulfonamides is 1. The third kappa shape index (κ3) is 4.96. The van der Waals surface area contributed by atoms with Crippen LogP contribution in [0, 0.1) is 5.82 Å². The summed E-state index contributed by atoms with van der Waals surface area (Å²) in [7, 11) is -3.82. The van der Waals surface area contributed by atoms with Crippen LogP contribution < -0.4 is 10.6 Å². The summed E-state index contributed by atoms with van der Waals surface area (Å²) in [5, 5.41) is 4.97. The zero-order valence-electron chi connectivity index (χ0n) is 15.6. The summed E-state index contributed by atoms with van der Waals surface area (Å²) < 4.78 is 45.3. The molecule has 1 heterocycles. The van der Waals surface area contributed by atoms with Gasteiger partial charge in [-0.05, 0) is 30.3 Å². The van der Waals surface area contributed by atoms with Crippen molar-refractivity contribution in [3.8, 4) is 0 Å². The highest BCUT2D eigenvalue weighted by Crippen LogP contribution is 2.19. The van der Waals surface area contributed by atoms with E-state index in [0.717, 1.165) is 18.2 Å². The molecule has 0 aliphatic rings. The molecule has 2 aromatic rings. The van der Waals surface area contributed by atoms with Crippen LogP contribution >= 0.6 is 0 Å². The summed E-state index contributed by atoms with van der Waals surface area (Å²) >= 11 is 0. The normalized spacial score (nSPS) is 11.4. The molecule has 0 atom stereocenters. The molecule has 0 aliphatic carbocycles. The van der Waals surface area contributed by atoms with Crippen molar-refractivity contribution >= 4 is 21.8 Å². The van der Waals surface area contributed by atoms with E-state index in [9.17, 15) is 22.4 Å². The Balaban J connectivity index is 2.02. The molecular formula is C18H22FN3O5S. The zero-order chi connectivity index (χ0) is 20.7. The van der Waals surface area contributed by atoms with Crippen LogP contribution in [0.25, 0.3) is 0 Å². The number of halogens is 1. The molecule has 0 fully saturated rings. The molecule has 10 heteroatoms. The lowest BCUT2D eigenvalue weighted by molar-refractivity contribution is 0.0909. The van der Waals surface area contributed by atoms with Crippen LogP contribution in [-0.2, 0) is 10.0 Å². The highest BCUT2D eigenvalue weighted by atomic mass is 32.2. The Morgan fingerprint density at radius 1 is 1.07 bits per heavy atom. The maximum absolute atomic E-state index is 14.0. The van der Waals surface area contributed by atoms with E-state index < -0.39 is 27.7 Å². The van der Waals surface area contributed by atoms with Gasteiger partial charge in [-0.2, -0.15) is 4.31 Å². The maximum Gasteiger partial charge on any atom is 0.287 e. The van der Waals surface area contributed by atoms with Gasteiger partial charge in [0.2, 0.25) is 10.0 Å². The van der Waals surface area contributed by atoms with E-state index in [0.29, 0.717) is 0 Å². The average molecular weight is 411 g/mol. The number of nitrogens with zero attached hydrogens (tertiary/aromatic N) is 1. The van der Waals surface area contributed by atoms with Crippen LogP contribution in [0.5, 0.6) is 0 Å². The Labute approximate surface area is 162 Å². The zero-order valence-corrected chi connectivity index (χ0v) is 16.4. The maximum atomic E-state index is 14.0. The van der Waals surface area contributed by atoms with Crippen molar-refractivity contribution in [2.75, 3.05) is 26.2 Å². The van der Waals surface area contributed by atoms with E-state index in [4.69, 9.17) is 4.42 Å². The van der Waals surface area contributed by atoms with Crippen LogP contribution in [0.1, 0.15) is 34.8 Å². The van der Waals surface area contributed by atoms with Crippen molar-refractivity contribution in [3.05, 3.63) is 53.7 Å². The minimum Gasteiger partial charge on any atom is -0.459 e. The standard InChI is InChI=1S/C18H22FN3O5S/c1-3-22(4-2)28(25,26)13-7-8-15(19)14(12-13)17(23)20-9-10-21-18(24)16-6-5-11-27-16/h5-8,11-12H,3-4,9-10H2,1-2H3,(H,20,23)(H,21,24). The van der Waals surface area contributed by atoms with Gasteiger partial charge in [0.15, 0.2) is 5.76 Å². The number of benzene rings is 1. The van der Waals surface area contributed by atoms with Crippen LogP contribution in [0.2, 0.25) is 0 Å². The fraction of sp³-hybridized carbons (Fsp3) is 0.333. The summed E-state index contributed by atoms with van der Waals surface area (Å²) in [6.07, 6.45) is 1.36. The summed E-state index contributed by atoms with van der Waals surface area (Å²) in [4.78, 5) is 23.8. The SMILES string of the molecule is CCN(CC)S(=O)(=O)c1ccc(F)c(C(=O)NCCNC(=O)c2ccco2)c1. The second-order valence-electron chi connectivity index (χ2n) is 5.72. The van der Waals surface area contributed by atoms with Crippen molar-refractivity contribution in [2.24, 2.45) is 0 Å². The van der Waals surface area contributed by atoms with Crippen molar-refractivity contribution in [1.29, 1.82) is 0 Å². The first-order valence-electron chi connectivity index (χ1n) is 8.70. The number of rotatable bonds is 9. The topological polar surface area (TPSA) is 109 Å². The Morgan fingerprint density at radius 3 is 2.29 bits per heavy atom. The van der Waals surface area contributed by atoms with Crippen molar-refractivity contribution in [1.82, 2.24) is 14.9 Å². The molecule has 8 nitrogen and oxygen atoms in total. The quantitative estimate of drug-likeness (QED) is 0.610. The van der Waals surface area contributed by atoms with E-state index in [1.165, 1.54) is 16.6 Å². The van der Waals surface area contributed by atoms with Gasteiger partial charge in [0, 0.05) is 26.2 Å². The van der Waals surface area contributed by atoms with E-state index >= 15 is 0 Å². The summed E-state index contributed by atoms with van der Waals surface area (Å²) in [6, 6.07) is 6.15. The largest absolute Gasteiger partial charge is 0.459 e. The minimum atomic E-state index is -3.82. The van der Waals surface area contributed by atoms with Gasteiger partial charge in [0.05, 0.1) is 16.7 Å². The first-order valence-corrected chi connectivity index (χ1v) is 10.1. The third-order valence-corrected chi connectivity index (χ3v) is 6.01. The molecule has 1 aromatic heterocycles. The van der Waals surface area contributed by atoms with Crippen LogP contribution in [0.3, 0.4) is 0 Å². The number of nitrogens with one attached hydrogen (secondary N) is 2. The molecule has 0 bridgehead atoms. The number of hydrogen-bond donors (Lipinski definition) is 2. The Kier molecular flexibility index (Phi) is 7.30. The van der Waals surface area contributed by atoms with Gasteiger partial charge in [-0.1, -0.05) is 13.8 Å². The molecule has 28 heavy (non-hydrogen) atoms. The van der Waals surface area contributed by atoms with Gasteiger partial charge >= 0.3 is 0 Å². The molecule has 0 aliphatic heterocycles. The molecule has 0 unspecified atom stereocenters. The van der Waals surface area contributed by atoms with E-state index in [2.05, 4.69) is 10.6 Å². The number of carbonyl (C=O) groups is 2. The predicted molar refractivity (Wildman–Crippen MR) is 99.9 cm³/mol. The van der Waals surface area contributed by atoms with E-state index in [-0.39, 0.29) is 42.4 Å². The second-order valence-corrected chi connectivity index (χ2v) is 7.66. The Hall–Kier alpha value is -2.72. The number of carbonyl (C=O) groups excluding carboxylic acids is 2. The van der Waals surface area contributed by atoms with Gasteiger partial charge in [-0.25, -0.2) is 12.8 Å². The van der Waals surface area contributed by atoms with Gasteiger partial charge in [0.1, 0.15) is 5.82 Å². The molecule has 152 valence electrons. The summed E-state index contributed by atoms with van der Waals surface area (Å²) in [6.45, 7) is 4.01. The van der Waals surface area contributed by atoms with Gasteiger partial charge in [-0.15, -0.1) is 0 Å². The van der Waals surface area contributed by atoms with Crippen LogP contribution in [-0.4, -0.2) is 50.7 Å². The summed E-state index contributed by atoms with van der Waals surface area (Å²) in [5.74, 6) is -1.93. The lowest BCUT2D eigenvalue weighted by Gasteiger charge is -2.19. The number of furan rings is 1. The monoisotopic (exact) mass is 411 g/mol. The Bertz CT molecular complexity index is 925. The lowest BCUT2D eigenvalue weighted by Crippen LogP contribution is -2.35. The molecule has 1 aromatic carbocycles. The molecule has 0 saturated heterocycles. The average Bonchev–Trinajstić information content (AvgIpc) is 3.20. The molecular weight excluding hydrogens is 389 g/mol. The molecule has 2 N–H and O–H groups in total. The highest BCUT2D eigenvalue weighted by molar-refractivity contribution is 7.89. The Morgan fingerprint density at radius 2 is 1.71 bits per heavy atom. The second kappa shape index (κ2) is 9.47. The first kappa shape index (κ1) is 21.6. The third-order valence-electron chi connectivity index (χ3n) is 3.97. The van der Waals surface area contributed by atoms with Gasteiger partial charge < -0.3 is 15.1 Å². The molecule has 0 saturated carbocycles.